The van der Waals surface area contributed by atoms with Gasteiger partial charge in [0, 0.05) is 19.7 Å². The topological polar surface area (TPSA) is 77.7 Å². The van der Waals surface area contributed by atoms with E-state index in [1.54, 1.807) is 45.5 Å². The van der Waals surface area contributed by atoms with E-state index in [1.165, 1.54) is 4.90 Å². The zero-order chi connectivity index (χ0) is 18.5. The Balaban J connectivity index is 1.71. The summed E-state index contributed by atoms with van der Waals surface area (Å²) in [6.45, 7) is 0.0703. The fourth-order valence-electron chi connectivity index (χ4n) is 2.32. The predicted octanol–water partition coefficient (Wildman–Crippen LogP) is 3.03. The molecule has 26 heavy (non-hydrogen) atoms. The summed E-state index contributed by atoms with van der Waals surface area (Å²) >= 11 is 0. The van der Waals surface area contributed by atoms with Gasteiger partial charge in [0.25, 0.3) is 11.8 Å². The van der Waals surface area contributed by atoms with Crippen molar-refractivity contribution in [3.63, 3.8) is 0 Å². The highest BCUT2D eigenvalue weighted by Crippen LogP contribution is 2.22. The Hall–Kier alpha value is -3.35. The second-order valence-electron chi connectivity index (χ2n) is 5.72. The molecule has 7 nitrogen and oxygen atoms in total. The van der Waals surface area contributed by atoms with Gasteiger partial charge in [-0.1, -0.05) is 17.3 Å². The maximum absolute atomic E-state index is 12.2. The number of ether oxygens (including phenoxy) is 2. The van der Waals surface area contributed by atoms with Crippen LogP contribution in [0.1, 0.15) is 16.2 Å². The first-order chi connectivity index (χ1) is 12.6. The molecule has 7 heteroatoms. The Labute approximate surface area is 151 Å². The van der Waals surface area contributed by atoms with Gasteiger partial charge in [-0.15, -0.1) is 0 Å². The SMILES string of the molecule is COc1ccc(-c2noc(COc3ccccc3C(=O)N(C)C)n2)cc1. The van der Waals surface area contributed by atoms with Crippen molar-refractivity contribution in [2.45, 2.75) is 6.61 Å². The molecule has 134 valence electrons. The van der Waals surface area contributed by atoms with Crippen molar-refractivity contribution in [2.24, 2.45) is 0 Å². The molecule has 0 N–H and O–H groups in total. The third-order valence-corrected chi connectivity index (χ3v) is 3.69. The Kier molecular flexibility index (Phi) is 5.17. The second kappa shape index (κ2) is 7.69. The van der Waals surface area contributed by atoms with Gasteiger partial charge < -0.3 is 18.9 Å². The van der Waals surface area contributed by atoms with Crippen molar-refractivity contribution >= 4 is 5.91 Å². The minimum Gasteiger partial charge on any atom is -0.497 e. The van der Waals surface area contributed by atoms with Crippen molar-refractivity contribution in [2.75, 3.05) is 21.2 Å². The van der Waals surface area contributed by atoms with Gasteiger partial charge in [0.05, 0.1) is 12.7 Å². The van der Waals surface area contributed by atoms with E-state index < -0.39 is 0 Å². The number of rotatable bonds is 6. The first-order valence-electron chi connectivity index (χ1n) is 7.99. The molecule has 0 aliphatic rings. The smallest absolute Gasteiger partial charge is 0.264 e. The molecular formula is C19H19N3O4. The minimum atomic E-state index is -0.134. The molecule has 0 aliphatic carbocycles. The summed E-state index contributed by atoms with van der Waals surface area (Å²) < 4.78 is 16.1. The molecule has 3 rings (SSSR count). The van der Waals surface area contributed by atoms with Gasteiger partial charge in [-0.05, 0) is 36.4 Å². The van der Waals surface area contributed by atoms with Gasteiger partial charge >= 0.3 is 0 Å². The average molecular weight is 353 g/mol. The summed E-state index contributed by atoms with van der Waals surface area (Å²) in [5.74, 6) is 1.87. The standard InChI is InChI=1S/C19H19N3O4/c1-22(2)19(23)15-6-4-5-7-16(15)25-12-17-20-18(21-26-17)13-8-10-14(24-3)11-9-13/h4-11H,12H2,1-3H3. The van der Waals surface area contributed by atoms with Crippen molar-refractivity contribution in [1.29, 1.82) is 0 Å². The molecule has 0 unspecified atom stereocenters. The van der Waals surface area contributed by atoms with Crippen LogP contribution in [0.2, 0.25) is 0 Å². The van der Waals surface area contributed by atoms with E-state index in [-0.39, 0.29) is 12.5 Å². The third kappa shape index (κ3) is 3.83. The number of amides is 1. The number of carbonyl (C=O) groups is 1. The molecule has 1 aromatic heterocycles. The lowest BCUT2D eigenvalue weighted by atomic mass is 10.2. The number of aromatic nitrogens is 2. The van der Waals surface area contributed by atoms with Crippen molar-refractivity contribution in [3.8, 4) is 22.9 Å². The molecule has 0 saturated heterocycles. The zero-order valence-electron chi connectivity index (χ0n) is 14.8. The van der Waals surface area contributed by atoms with Gasteiger partial charge in [0.15, 0.2) is 6.61 Å². The van der Waals surface area contributed by atoms with Gasteiger partial charge in [0.1, 0.15) is 11.5 Å². The number of methoxy groups -OCH3 is 1. The van der Waals surface area contributed by atoms with E-state index in [2.05, 4.69) is 10.1 Å². The van der Waals surface area contributed by atoms with Crippen LogP contribution in [0.3, 0.4) is 0 Å². The molecule has 1 heterocycles. The Morgan fingerprint density at radius 2 is 1.85 bits per heavy atom. The molecule has 1 amide bonds. The number of carbonyl (C=O) groups excluding carboxylic acids is 1. The molecule has 0 bridgehead atoms. The van der Waals surface area contributed by atoms with Crippen LogP contribution in [0.15, 0.2) is 53.1 Å². The lowest BCUT2D eigenvalue weighted by Gasteiger charge is -2.13. The van der Waals surface area contributed by atoms with E-state index in [9.17, 15) is 4.79 Å². The molecule has 2 aromatic carbocycles. The maximum Gasteiger partial charge on any atom is 0.264 e. The van der Waals surface area contributed by atoms with Gasteiger partial charge in [-0.25, -0.2) is 0 Å². The molecule has 0 atom stereocenters. The molecule has 0 spiro atoms. The zero-order valence-corrected chi connectivity index (χ0v) is 14.8. The summed E-state index contributed by atoms with van der Waals surface area (Å²) in [5.41, 5.74) is 1.29. The molecule has 0 saturated carbocycles. The molecule has 0 aliphatic heterocycles. The van der Waals surface area contributed by atoms with Crippen LogP contribution in [-0.4, -0.2) is 42.2 Å². The third-order valence-electron chi connectivity index (χ3n) is 3.69. The quantitative estimate of drug-likeness (QED) is 0.678. The minimum absolute atomic E-state index is 0.0703. The van der Waals surface area contributed by atoms with E-state index in [1.807, 2.05) is 24.3 Å². The highest BCUT2D eigenvalue weighted by molar-refractivity contribution is 5.96. The summed E-state index contributed by atoms with van der Waals surface area (Å²) in [6, 6.07) is 14.4. The van der Waals surface area contributed by atoms with E-state index in [0.717, 1.165) is 11.3 Å². The summed E-state index contributed by atoms with van der Waals surface area (Å²) in [5, 5.41) is 3.96. The summed E-state index contributed by atoms with van der Waals surface area (Å²) in [6.07, 6.45) is 0. The summed E-state index contributed by atoms with van der Waals surface area (Å²) in [7, 11) is 4.99. The van der Waals surface area contributed by atoms with Gasteiger partial charge in [-0.3, -0.25) is 4.79 Å². The molecule has 3 aromatic rings. The van der Waals surface area contributed by atoms with Crippen LogP contribution in [-0.2, 0) is 6.61 Å². The van der Waals surface area contributed by atoms with E-state index >= 15 is 0 Å². The van der Waals surface area contributed by atoms with Crippen molar-refractivity contribution < 1.29 is 18.8 Å². The molecular weight excluding hydrogens is 334 g/mol. The van der Waals surface area contributed by atoms with Crippen molar-refractivity contribution in [1.82, 2.24) is 15.0 Å². The van der Waals surface area contributed by atoms with Crippen LogP contribution in [0.5, 0.6) is 11.5 Å². The highest BCUT2D eigenvalue weighted by Gasteiger charge is 2.15. The fourth-order valence-corrected chi connectivity index (χ4v) is 2.32. The van der Waals surface area contributed by atoms with Crippen LogP contribution in [0, 0.1) is 0 Å². The number of nitrogens with zero attached hydrogens (tertiary/aromatic N) is 3. The predicted molar refractivity (Wildman–Crippen MR) is 95.1 cm³/mol. The lowest BCUT2D eigenvalue weighted by molar-refractivity contribution is 0.0822. The lowest BCUT2D eigenvalue weighted by Crippen LogP contribution is -2.22. The second-order valence-corrected chi connectivity index (χ2v) is 5.72. The molecule has 0 fully saturated rings. The van der Waals surface area contributed by atoms with Crippen molar-refractivity contribution in [3.05, 3.63) is 60.0 Å². The van der Waals surface area contributed by atoms with E-state index in [0.29, 0.717) is 23.0 Å². The molecule has 0 radical (unpaired) electrons. The maximum atomic E-state index is 12.2. The van der Waals surface area contributed by atoms with Crippen LogP contribution in [0.4, 0.5) is 0 Å². The number of para-hydroxylation sites is 1. The van der Waals surface area contributed by atoms with Gasteiger partial charge in [-0.2, -0.15) is 4.98 Å². The van der Waals surface area contributed by atoms with Gasteiger partial charge in [0.2, 0.25) is 5.82 Å². The monoisotopic (exact) mass is 353 g/mol. The van der Waals surface area contributed by atoms with Crippen LogP contribution >= 0.6 is 0 Å². The summed E-state index contributed by atoms with van der Waals surface area (Å²) in [4.78, 5) is 18.0. The fraction of sp³-hybridized carbons (Fsp3) is 0.211. The van der Waals surface area contributed by atoms with E-state index in [4.69, 9.17) is 14.0 Å². The Bertz CT molecular complexity index is 888. The largest absolute Gasteiger partial charge is 0.497 e. The Morgan fingerprint density at radius 1 is 1.12 bits per heavy atom. The number of hydrogen-bond acceptors (Lipinski definition) is 6. The van der Waals surface area contributed by atoms with Crippen LogP contribution < -0.4 is 9.47 Å². The van der Waals surface area contributed by atoms with Crippen LogP contribution in [0.25, 0.3) is 11.4 Å². The first-order valence-corrected chi connectivity index (χ1v) is 7.99. The normalized spacial score (nSPS) is 10.4. The average Bonchev–Trinajstić information content (AvgIpc) is 3.15. The number of benzene rings is 2. The number of hydrogen-bond donors (Lipinski definition) is 0. The highest BCUT2D eigenvalue weighted by atomic mass is 16.5. The first kappa shape index (κ1) is 17.5. The Morgan fingerprint density at radius 3 is 2.54 bits per heavy atom.